The first-order chi connectivity index (χ1) is 14.1. The third-order valence-electron chi connectivity index (χ3n) is 4.73. The molecule has 1 atom stereocenters. The number of hydrogen-bond acceptors (Lipinski definition) is 5. The van der Waals surface area contributed by atoms with Crippen molar-refractivity contribution in [3.63, 3.8) is 0 Å². The van der Waals surface area contributed by atoms with Gasteiger partial charge in [0.05, 0.1) is 18.4 Å². The van der Waals surface area contributed by atoms with E-state index in [1.165, 1.54) is 11.2 Å². The Morgan fingerprint density at radius 1 is 1.03 bits per heavy atom. The van der Waals surface area contributed by atoms with E-state index in [-0.39, 0.29) is 11.3 Å². The Morgan fingerprint density at radius 3 is 2.38 bits per heavy atom. The maximum absolute atomic E-state index is 12.9. The summed E-state index contributed by atoms with van der Waals surface area (Å²) in [6, 6.07) is 18.0. The molecule has 1 unspecified atom stereocenters. The molecule has 1 aliphatic rings. The molecule has 3 aromatic rings. The molecular weight excluding hydrogens is 370 g/mol. The van der Waals surface area contributed by atoms with E-state index < -0.39 is 17.7 Å². The average Bonchev–Trinajstić information content (AvgIpc) is 3.36. The van der Waals surface area contributed by atoms with Gasteiger partial charge in [-0.25, -0.2) is 0 Å². The van der Waals surface area contributed by atoms with Crippen LogP contribution >= 0.6 is 0 Å². The van der Waals surface area contributed by atoms with Gasteiger partial charge in [-0.3, -0.25) is 14.5 Å². The van der Waals surface area contributed by atoms with Crippen LogP contribution in [0.15, 0.2) is 83.0 Å². The fraction of sp³-hybridized carbons (Fsp3) is 0.130. The van der Waals surface area contributed by atoms with E-state index in [0.29, 0.717) is 29.4 Å². The molecule has 29 heavy (non-hydrogen) atoms. The maximum Gasteiger partial charge on any atom is 0.300 e. The summed E-state index contributed by atoms with van der Waals surface area (Å²) >= 11 is 0. The smallest absolute Gasteiger partial charge is 0.300 e. The zero-order valence-corrected chi connectivity index (χ0v) is 15.7. The van der Waals surface area contributed by atoms with Gasteiger partial charge in [0.25, 0.3) is 11.7 Å². The number of hydrogen-bond donors (Lipinski definition) is 1. The number of furan rings is 1. The van der Waals surface area contributed by atoms with Gasteiger partial charge in [0, 0.05) is 11.3 Å². The zero-order valence-electron chi connectivity index (χ0n) is 15.7. The molecule has 0 spiro atoms. The van der Waals surface area contributed by atoms with E-state index >= 15 is 0 Å². The number of aliphatic hydroxyl groups is 1. The van der Waals surface area contributed by atoms with Crippen LogP contribution in [0.3, 0.4) is 0 Å². The van der Waals surface area contributed by atoms with E-state index in [4.69, 9.17) is 9.15 Å². The van der Waals surface area contributed by atoms with Crippen molar-refractivity contribution in [2.24, 2.45) is 0 Å². The lowest BCUT2D eigenvalue weighted by molar-refractivity contribution is -0.132. The minimum absolute atomic E-state index is 0.00923. The molecule has 0 saturated carbocycles. The van der Waals surface area contributed by atoms with Crippen molar-refractivity contribution in [1.29, 1.82) is 0 Å². The first-order valence-corrected chi connectivity index (χ1v) is 9.24. The van der Waals surface area contributed by atoms with Crippen LogP contribution in [-0.4, -0.2) is 23.4 Å². The maximum atomic E-state index is 12.9. The number of ketones is 1. The summed E-state index contributed by atoms with van der Waals surface area (Å²) in [5.74, 6) is -0.685. The topological polar surface area (TPSA) is 80.0 Å². The van der Waals surface area contributed by atoms with Crippen LogP contribution in [0.1, 0.15) is 24.3 Å². The van der Waals surface area contributed by atoms with Crippen molar-refractivity contribution in [2.45, 2.75) is 13.0 Å². The monoisotopic (exact) mass is 389 g/mol. The summed E-state index contributed by atoms with van der Waals surface area (Å²) in [5, 5.41) is 10.9. The molecule has 1 N–H and O–H groups in total. The lowest BCUT2D eigenvalue weighted by Crippen LogP contribution is -2.29. The highest BCUT2D eigenvalue weighted by Gasteiger charge is 2.48. The summed E-state index contributed by atoms with van der Waals surface area (Å²) in [5.41, 5.74) is 0.947. The third-order valence-corrected chi connectivity index (χ3v) is 4.73. The predicted octanol–water partition coefficient (Wildman–Crippen LogP) is 4.30. The van der Waals surface area contributed by atoms with Crippen LogP contribution in [0.25, 0.3) is 5.76 Å². The predicted molar refractivity (Wildman–Crippen MR) is 108 cm³/mol. The van der Waals surface area contributed by atoms with E-state index in [2.05, 4.69) is 0 Å². The van der Waals surface area contributed by atoms with E-state index in [0.717, 1.165) is 0 Å². The second-order valence-electron chi connectivity index (χ2n) is 6.48. The number of ether oxygens (including phenoxy) is 1. The number of aliphatic hydroxyl groups excluding tert-OH is 1. The van der Waals surface area contributed by atoms with Crippen LogP contribution in [0.4, 0.5) is 5.69 Å². The number of carbonyl (C=O) groups is 2. The largest absolute Gasteiger partial charge is 0.507 e. The number of nitrogens with zero attached hydrogens (tertiary/aromatic N) is 1. The van der Waals surface area contributed by atoms with E-state index in [1.807, 2.05) is 6.92 Å². The second-order valence-corrected chi connectivity index (χ2v) is 6.48. The highest BCUT2D eigenvalue weighted by molar-refractivity contribution is 6.51. The Balaban J connectivity index is 1.85. The fourth-order valence-electron chi connectivity index (χ4n) is 3.44. The van der Waals surface area contributed by atoms with Crippen molar-refractivity contribution in [2.75, 3.05) is 11.5 Å². The number of benzene rings is 2. The normalized spacial score (nSPS) is 18.2. The molecule has 1 saturated heterocycles. The first-order valence-electron chi connectivity index (χ1n) is 9.24. The molecule has 2 heterocycles. The number of anilines is 1. The lowest BCUT2D eigenvalue weighted by Gasteiger charge is -2.23. The lowest BCUT2D eigenvalue weighted by atomic mass is 9.99. The SMILES string of the molecule is CCOc1ccc(N2C(=O)C(=O)/C(=C(\O)c3ccccc3)C2c2ccco2)cc1. The van der Waals surface area contributed by atoms with Crippen molar-refractivity contribution in [3.05, 3.63) is 89.9 Å². The highest BCUT2D eigenvalue weighted by atomic mass is 16.5. The molecule has 1 fully saturated rings. The van der Waals surface area contributed by atoms with Gasteiger partial charge in [0.15, 0.2) is 0 Å². The van der Waals surface area contributed by atoms with Crippen molar-refractivity contribution >= 4 is 23.1 Å². The van der Waals surface area contributed by atoms with Crippen molar-refractivity contribution in [3.8, 4) is 5.75 Å². The Bertz CT molecular complexity index is 1050. The Labute approximate surface area is 167 Å². The van der Waals surface area contributed by atoms with Crippen LogP contribution in [0.2, 0.25) is 0 Å². The van der Waals surface area contributed by atoms with Gasteiger partial charge >= 0.3 is 0 Å². The molecule has 0 aliphatic carbocycles. The van der Waals surface area contributed by atoms with Crippen LogP contribution in [0.5, 0.6) is 5.75 Å². The second kappa shape index (κ2) is 7.67. The number of carbonyl (C=O) groups excluding carboxylic acids is 2. The molecule has 1 aromatic heterocycles. The van der Waals surface area contributed by atoms with E-state index in [9.17, 15) is 14.7 Å². The van der Waals surface area contributed by atoms with Gasteiger partial charge in [0.1, 0.15) is 23.3 Å². The molecule has 1 aliphatic heterocycles. The average molecular weight is 389 g/mol. The highest BCUT2D eigenvalue weighted by Crippen LogP contribution is 2.42. The molecule has 0 bridgehead atoms. The minimum Gasteiger partial charge on any atom is -0.507 e. The van der Waals surface area contributed by atoms with Gasteiger partial charge < -0.3 is 14.3 Å². The number of Topliss-reactive ketones (excluding diaryl/α,β-unsaturated/α-hetero) is 1. The van der Waals surface area contributed by atoms with Crippen LogP contribution < -0.4 is 9.64 Å². The Hall–Kier alpha value is -3.80. The Kier molecular flexibility index (Phi) is 4.91. The quantitative estimate of drug-likeness (QED) is 0.400. The molecule has 146 valence electrons. The standard InChI is InChI=1S/C23H19NO5/c1-2-28-17-12-10-16(11-13-17)24-20(18-9-6-14-29-18)19(22(26)23(24)27)21(25)15-7-4-3-5-8-15/h3-14,20,25H,2H2,1H3/b21-19-. The fourth-order valence-corrected chi connectivity index (χ4v) is 3.44. The van der Waals surface area contributed by atoms with Gasteiger partial charge in [-0.1, -0.05) is 30.3 Å². The van der Waals surface area contributed by atoms with Gasteiger partial charge in [-0.2, -0.15) is 0 Å². The summed E-state index contributed by atoms with van der Waals surface area (Å²) in [6.07, 6.45) is 1.47. The van der Waals surface area contributed by atoms with Gasteiger partial charge in [-0.15, -0.1) is 0 Å². The molecule has 1 amide bonds. The van der Waals surface area contributed by atoms with Crippen LogP contribution in [-0.2, 0) is 9.59 Å². The van der Waals surface area contributed by atoms with Crippen molar-refractivity contribution < 1.29 is 23.8 Å². The van der Waals surface area contributed by atoms with Crippen LogP contribution in [0, 0.1) is 0 Å². The zero-order chi connectivity index (χ0) is 20.4. The third kappa shape index (κ3) is 3.29. The summed E-state index contributed by atoms with van der Waals surface area (Å²) in [4.78, 5) is 27.2. The molecule has 4 rings (SSSR count). The summed E-state index contributed by atoms with van der Waals surface area (Å²) in [6.45, 7) is 2.40. The molecule has 2 aromatic carbocycles. The molecule has 6 heteroatoms. The van der Waals surface area contributed by atoms with E-state index in [1.54, 1.807) is 66.7 Å². The molecule has 0 radical (unpaired) electrons. The van der Waals surface area contributed by atoms with Gasteiger partial charge in [0.2, 0.25) is 0 Å². The summed E-state index contributed by atoms with van der Waals surface area (Å²) in [7, 11) is 0. The number of amides is 1. The van der Waals surface area contributed by atoms with Gasteiger partial charge in [-0.05, 0) is 43.3 Å². The van der Waals surface area contributed by atoms with Crippen molar-refractivity contribution in [1.82, 2.24) is 0 Å². The Morgan fingerprint density at radius 2 is 1.76 bits per heavy atom. The number of rotatable bonds is 5. The molecular formula is C23H19NO5. The first kappa shape index (κ1) is 18.6. The summed E-state index contributed by atoms with van der Waals surface area (Å²) < 4.78 is 11.0. The minimum atomic E-state index is -0.872. The molecule has 6 nitrogen and oxygen atoms in total.